The van der Waals surface area contributed by atoms with Crippen LogP contribution in [0.2, 0.25) is 0 Å². The molecule has 26 heavy (non-hydrogen) atoms. The minimum atomic E-state index is -4.63. The van der Waals surface area contributed by atoms with E-state index in [1.165, 1.54) is 6.07 Å². The van der Waals surface area contributed by atoms with E-state index in [4.69, 9.17) is 4.42 Å². The predicted molar refractivity (Wildman–Crippen MR) is 88.7 cm³/mol. The van der Waals surface area contributed by atoms with Crippen LogP contribution in [0.1, 0.15) is 16.5 Å². The van der Waals surface area contributed by atoms with Crippen LogP contribution < -0.4 is 4.90 Å². The van der Waals surface area contributed by atoms with Crippen molar-refractivity contribution in [3.8, 4) is 0 Å². The number of anilines is 1. The minimum Gasteiger partial charge on any atom is -0.467 e. The molecule has 0 unspecified atom stereocenters. The summed E-state index contributed by atoms with van der Waals surface area (Å²) in [4.78, 5) is 2.89. The highest BCUT2D eigenvalue weighted by molar-refractivity contribution is 7.09. The van der Waals surface area contributed by atoms with Gasteiger partial charge < -0.3 is 9.32 Å². The molecule has 0 N–H and O–H groups in total. The molecule has 10 heteroatoms. The Labute approximate surface area is 149 Å². The molecule has 4 heterocycles. The Balaban J connectivity index is 1.74. The first-order chi connectivity index (χ1) is 12.5. The van der Waals surface area contributed by atoms with E-state index < -0.39 is 12.0 Å². The summed E-state index contributed by atoms with van der Waals surface area (Å²) in [6, 6.07) is 10.5. The number of hydrogen-bond acceptors (Lipinski definition) is 6. The largest absolute Gasteiger partial charge is 0.467 e. The zero-order valence-corrected chi connectivity index (χ0v) is 14.0. The van der Waals surface area contributed by atoms with Crippen molar-refractivity contribution in [1.82, 2.24) is 19.8 Å². The van der Waals surface area contributed by atoms with Gasteiger partial charge in [-0.05, 0) is 35.7 Å². The van der Waals surface area contributed by atoms with Gasteiger partial charge in [-0.2, -0.15) is 17.7 Å². The van der Waals surface area contributed by atoms with Crippen LogP contribution in [0.3, 0.4) is 0 Å². The number of hydrogen-bond donors (Lipinski definition) is 0. The van der Waals surface area contributed by atoms with Crippen LogP contribution in [-0.4, -0.2) is 19.8 Å². The number of alkyl halides is 3. The average Bonchev–Trinajstić information content (AvgIpc) is 3.34. The molecule has 0 radical (unpaired) electrons. The molecule has 134 valence electrons. The lowest BCUT2D eigenvalue weighted by molar-refractivity contribution is -0.146. The Morgan fingerprint density at radius 1 is 1.08 bits per heavy atom. The van der Waals surface area contributed by atoms with Crippen molar-refractivity contribution in [3.05, 3.63) is 64.5 Å². The average molecular weight is 379 g/mol. The normalized spacial score (nSPS) is 12.0. The van der Waals surface area contributed by atoms with Crippen molar-refractivity contribution >= 4 is 22.8 Å². The topological polar surface area (TPSA) is 59.5 Å². The Kier molecular flexibility index (Phi) is 4.11. The molecule has 4 aromatic rings. The van der Waals surface area contributed by atoms with Gasteiger partial charge in [-0.15, -0.1) is 26.6 Å². The molecule has 0 spiro atoms. The fraction of sp³-hybridized carbons (Fsp3) is 0.188. The van der Waals surface area contributed by atoms with E-state index in [-0.39, 0.29) is 5.65 Å². The zero-order chi connectivity index (χ0) is 18.1. The van der Waals surface area contributed by atoms with Crippen LogP contribution in [0.4, 0.5) is 19.0 Å². The summed E-state index contributed by atoms with van der Waals surface area (Å²) in [5.41, 5.74) is 0.0372. The van der Waals surface area contributed by atoms with E-state index >= 15 is 0 Å². The van der Waals surface area contributed by atoms with Gasteiger partial charge in [-0.1, -0.05) is 6.07 Å². The third-order valence-corrected chi connectivity index (χ3v) is 4.54. The second kappa shape index (κ2) is 6.45. The van der Waals surface area contributed by atoms with E-state index in [1.54, 1.807) is 35.8 Å². The van der Waals surface area contributed by atoms with E-state index in [9.17, 15) is 13.2 Å². The Hall–Kier alpha value is -2.88. The van der Waals surface area contributed by atoms with Gasteiger partial charge in [0.1, 0.15) is 11.6 Å². The van der Waals surface area contributed by atoms with Gasteiger partial charge in [0.25, 0.3) is 5.82 Å². The van der Waals surface area contributed by atoms with Crippen molar-refractivity contribution in [3.63, 3.8) is 0 Å². The molecule has 0 aliphatic carbocycles. The van der Waals surface area contributed by atoms with Crippen molar-refractivity contribution in [1.29, 1.82) is 0 Å². The van der Waals surface area contributed by atoms with E-state index in [1.807, 2.05) is 22.4 Å². The molecule has 0 aliphatic rings. The molecular weight excluding hydrogens is 367 g/mol. The van der Waals surface area contributed by atoms with E-state index in [2.05, 4.69) is 15.3 Å². The summed E-state index contributed by atoms with van der Waals surface area (Å²) in [5.74, 6) is -0.0979. The number of aromatic nitrogens is 4. The van der Waals surface area contributed by atoms with Crippen LogP contribution >= 0.6 is 11.3 Å². The quantitative estimate of drug-likeness (QED) is 0.525. The number of rotatable bonds is 5. The van der Waals surface area contributed by atoms with E-state index in [0.717, 1.165) is 9.39 Å². The molecule has 0 aromatic carbocycles. The number of fused-ring (bicyclic) bond motifs is 1. The molecule has 0 fully saturated rings. The van der Waals surface area contributed by atoms with Gasteiger partial charge in [0.2, 0.25) is 0 Å². The van der Waals surface area contributed by atoms with Gasteiger partial charge in [0.15, 0.2) is 5.65 Å². The smallest absolute Gasteiger partial charge is 0.453 e. The lowest BCUT2D eigenvalue weighted by atomic mass is 10.3. The Bertz CT molecular complexity index is 959. The first-order valence-electron chi connectivity index (χ1n) is 7.60. The standard InChI is InChI=1S/C16H12F3N5OS/c17-16(18,19)15-21-20-13-5-6-14(22-24(13)15)23(9-11-3-1-7-25-11)10-12-4-2-8-26-12/h1-8H,9-10H2. The summed E-state index contributed by atoms with van der Waals surface area (Å²) >= 11 is 1.56. The second-order valence-electron chi connectivity index (χ2n) is 5.50. The van der Waals surface area contributed by atoms with Crippen molar-refractivity contribution < 1.29 is 17.6 Å². The summed E-state index contributed by atoms with van der Waals surface area (Å²) in [5, 5.41) is 12.8. The summed E-state index contributed by atoms with van der Waals surface area (Å²) in [7, 11) is 0. The highest BCUT2D eigenvalue weighted by Crippen LogP contribution is 2.28. The lowest BCUT2D eigenvalue weighted by Crippen LogP contribution is -2.24. The summed E-state index contributed by atoms with van der Waals surface area (Å²) in [6.07, 6.45) is -3.08. The van der Waals surface area contributed by atoms with Gasteiger partial charge in [0, 0.05) is 4.88 Å². The third kappa shape index (κ3) is 3.27. The van der Waals surface area contributed by atoms with Gasteiger partial charge in [-0.25, -0.2) is 0 Å². The first-order valence-corrected chi connectivity index (χ1v) is 8.48. The Morgan fingerprint density at radius 2 is 1.96 bits per heavy atom. The van der Waals surface area contributed by atoms with Crippen LogP contribution in [0.5, 0.6) is 0 Å². The predicted octanol–water partition coefficient (Wildman–Crippen LogP) is 4.00. The van der Waals surface area contributed by atoms with Gasteiger partial charge in [-0.3, -0.25) is 0 Å². The molecule has 6 nitrogen and oxygen atoms in total. The number of nitrogens with zero attached hydrogens (tertiary/aromatic N) is 5. The van der Waals surface area contributed by atoms with Crippen molar-refractivity contribution in [2.45, 2.75) is 19.3 Å². The highest BCUT2D eigenvalue weighted by Gasteiger charge is 2.37. The number of thiophene rings is 1. The maximum atomic E-state index is 13.1. The molecule has 0 atom stereocenters. The zero-order valence-electron chi connectivity index (χ0n) is 13.2. The molecule has 0 amide bonds. The monoisotopic (exact) mass is 379 g/mol. The molecule has 0 saturated carbocycles. The maximum Gasteiger partial charge on any atom is 0.453 e. The molecule has 4 rings (SSSR count). The lowest BCUT2D eigenvalue weighted by Gasteiger charge is -2.22. The SMILES string of the molecule is FC(F)(F)c1nnc2ccc(N(Cc3ccco3)Cc3cccs3)nn12. The number of furan rings is 1. The Morgan fingerprint density at radius 3 is 2.65 bits per heavy atom. The van der Waals surface area contributed by atoms with Crippen LogP contribution in [0, 0.1) is 0 Å². The maximum absolute atomic E-state index is 13.1. The van der Waals surface area contributed by atoms with Gasteiger partial charge >= 0.3 is 6.18 Å². The molecule has 4 aromatic heterocycles. The third-order valence-electron chi connectivity index (χ3n) is 3.68. The van der Waals surface area contributed by atoms with Crippen molar-refractivity contribution in [2.24, 2.45) is 0 Å². The molecule has 0 saturated heterocycles. The minimum absolute atomic E-state index is 0.0372. The van der Waals surface area contributed by atoms with Gasteiger partial charge in [0.05, 0.1) is 19.4 Å². The fourth-order valence-electron chi connectivity index (χ4n) is 2.52. The summed E-state index contributed by atoms with van der Waals surface area (Å²) in [6.45, 7) is 0.854. The number of halogens is 3. The van der Waals surface area contributed by atoms with Crippen molar-refractivity contribution in [2.75, 3.05) is 4.90 Å². The first kappa shape index (κ1) is 16.6. The molecular formula is C16H12F3N5OS. The van der Waals surface area contributed by atoms with Crippen LogP contribution in [0.15, 0.2) is 52.5 Å². The molecule has 0 bridgehead atoms. The second-order valence-corrected chi connectivity index (χ2v) is 6.53. The van der Waals surface area contributed by atoms with E-state index in [0.29, 0.717) is 24.7 Å². The summed E-state index contributed by atoms with van der Waals surface area (Å²) < 4.78 is 45.4. The molecule has 0 aliphatic heterocycles. The fourth-order valence-corrected chi connectivity index (χ4v) is 3.24. The van der Waals surface area contributed by atoms with Crippen LogP contribution in [-0.2, 0) is 19.3 Å². The van der Waals surface area contributed by atoms with Crippen LogP contribution in [0.25, 0.3) is 5.65 Å². The highest BCUT2D eigenvalue weighted by atomic mass is 32.1.